The van der Waals surface area contributed by atoms with Crippen LogP contribution < -0.4 is 15.6 Å². The second-order valence-electron chi connectivity index (χ2n) is 6.16. The minimum atomic E-state index is -0.580. The summed E-state index contributed by atoms with van der Waals surface area (Å²) in [6.07, 6.45) is 0. The lowest BCUT2D eigenvalue weighted by Crippen LogP contribution is -2.51. The van der Waals surface area contributed by atoms with Crippen molar-refractivity contribution in [2.75, 3.05) is 13.7 Å². The zero-order valence-electron chi connectivity index (χ0n) is 16.0. The van der Waals surface area contributed by atoms with Gasteiger partial charge in [-0.05, 0) is 55.4 Å². The van der Waals surface area contributed by atoms with Crippen molar-refractivity contribution in [2.24, 2.45) is 0 Å². The first-order valence-electron chi connectivity index (χ1n) is 8.78. The summed E-state index contributed by atoms with van der Waals surface area (Å²) in [6.45, 7) is 4.44. The van der Waals surface area contributed by atoms with E-state index in [0.717, 1.165) is 12.1 Å². The molecule has 0 radical (unpaired) electrons. The Hall–Kier alpha value is -3.00. The molecule has 0 spiro atoms. The molecule has 150 valence electrons. The molecule has 6 nitrogen and oxygen atoms in total. The summed E-state index contributed by atoms with van der Waals surface area (Å²) in [5, 5.41) is 0. The van der Waals surface area contributed by atoms with Gasteiger partial charge in [-0.15, -0.1) is 0 Å². The number of nitrogens with one attached hydrogen (secondary N) is 2. The van der Waals surface area contributed by atoms with Gasteiger partial charge in [0, 0.05) is 12.1 Å². The molecule has 0 aliphatic rings. The number of hydrogen-bond acceptors (Lipinski definition) is 4. The highest BCUT2D eigenvalue weighted by Gasteiger charge is 2.21. The molecule has 0 bridgehead atoms. The SMILES string of the molecule is CCN(Cc1ccc(OC)c(F)c1)[C@@H](C)C(=O)NNC(=O)c1ccc(F)cc1. The van der Waals surface area contributed by atoms with Gasteiger partial charge < -0.3 is 4.74 Å². The van der Waals surface area contributed by atoms with E-state index in [2.05, 4.69) is 10.9 Å². The topological polar surface area (TPSA) is 70.7 Å². The summed E-state index contributed by atoms with van der Waals surface area (Å²) in [6, 6.07) is 9.00. The van der Waals surface area contributed by atoms with Gasteiger partial charge in [0.25, 0.3) is 11.8 Å². The predicted octanol–water partition coefficient (Wildman–Crippen LogP) is 2.65. The predicted molar refractivity (Wildman–Crippen MR) is 101 cm³/mol. The van der Waals surface area contributed by atoms with E-state index in [9.17, 15) is 18.4 Å². The molecule has 28 heavy (non-hydrogen) atoms. The van der Waals surface area contributed by atoms with E-state index in [-0.39, 0.29) is 11.3 Å². The van der Waals surface area contributed by atoms with Crippen molar-refractivity contribution in [1.29, 1.82) is 0 Å². The average Bonchev–Trinajstić information content (AvgIpc) is 2.70. The standard InChI is InChI=1S/C20H23F2N3O3/c1-4-25(12-14-5-10-18(28-3)17(22)11-14)13(2)19(26)23-24-20(27)15-6-8-16(21)9-7-15/h5-11,13H,4,12H2,1-3H3,(H,23,26)(H,24,27)/t13-/m0/s1. The highest BCUT2D eigenvalue weighted by atomic mass is 19.1. The fraction of sp³-hybridized carbons (Fsp3) is 0.300. The maximum absolute atomic E-state index is 13.9. The Morgan fingerprint density at radius 3 is 2.36 bits per heavy atom. The summed E-state index contributed by atoms with van der Waals surface area (Å²) in [5.41, 5.74) is 5.57. The largest absolute Gasteiger partial charge is 0.494 e. The molecule has 2 aromatic rings. The van der Waals surface area contributed by atoms with E-state index >= 15 is 0 Å². The molecule has 8 heteroatoms. The van der Waals surface area contributed by atoms with E-state index in [1.54, 1.807) is 13.0 Å². The number of methoxy groups -OCH3 is 1. The lowest BCUT2D eigenvalue weighted by molar-refractivity contribution is -0.126. The number of halogens is 2. The molecule has 0 aliphatic carbocycles. The number of nitrogens with zero attached hydrogens (tertiary/aromatic N) is 1. The number of amides is 2. The number of hydrogen-bond donors (Lipinski definition) is 2. The van der Waals surface area contributed by atoms with Crippen LogP contribution in [0.15, 0.2) is 42.5 Å². The van der Waals surface area contributed by atoms with Crippen LogP contribution in [-0.4, -0.2) is 36.4 Å². The highest BCUT2D eigenvalue weighted by molar-refractivity contribution is 5.95. The van der Waals surface area contributed by atoms with Gasteiger partial charge in [-0.25, -0.2) is 8.78 Å². The van der Waals surface area contributed by atoms with Crippen molar-refractivity contribution in [1.82, 2.24) is 15.8 Å². The van der Waals surface area contributed by atoms with Crippen molar-refractivity contribution < 1.29 is 23.1 Å². The first kappa shape index (κ1) is 21.3. The third-order valence-electron chi connectivity index (χ3n) is 4.34. The Kier molecular flexibility index (Phi) is 7.45. The molecule has 0 saturated carbocycles. The summed E-state index contributed by atoms with van der Waals surface area (Å²) in [4.78, 5) is 26.2. The maximum atomic E-state index is 13.9. The molecule has 0 saturated heterocycles. The van der Waals surface area contributed by atoms with Crippen LogP contribution in [0.5, 0.6) is 5.75 Å². The maximum Gasteiger partial charge on any atom is 0.269 e. The van der Waals surface area contributed by atoms with E-state index < -0.39 is 29.5 Å². The molecule has 0 aromatic heterocycles. The van der Waals surface area contributed by atoms with Gasteiger partial charge in [0.1, 0.15) is 5.82 Å². The van der Waals surface area contributed by atoms with Crippen molar-refractivity contribution in [2.45, 2.75) is 26.4 Å². The minimum absolute atomic E-state index is 0.154. The number of likely N-dealkylation sites (N-methyl/N-ethyl adjacent to an activating group) is 1. The lowest BCUT2D eigenvalue weighted by Gasteiger charge is -2.27. The Morgan fingerprint density at radius 2 is 1.79 bits per heavy atom. The van der Waals surface area contributed by atoms with Crippen LogP contribution >= 0.6 is 0 Å². The third kappa shape index (κ3) is 5.50. The van der Waals surface area contributed by atoms with Gasteiger partial charge in [-0.1, -0.05) is 13.0 Å². The zero-order chi connectivity index (χ0) is 20.7. The second-order valence-corrected chi connectivity index (χ2v) is 6.16. The zero-order valence-corrected chi connectivity index (χ0v) is 16.0. The highest BCUT2D eigenvalue weighted by Crippen LogP contribution is 2.19. The van der Waals surface area contributed by atoms with Gasteiger partial charge in [0.15, 0.2) is 11.6 Å². The Labute approximate surface area is 162 Å². The Morgan fingerprint density at radius 1 is 1.11 bits per heavy atom. The van der Waals surface area contributed by atoms with E-state index in [0.29, 0.717) is 18.7 Å². The Bertz CT molecular complexity index is 828. The second kappa shape index (κ2) is 9.80. The number of rotatable bonds is 7. The fourth-order valence-corrected chi connectivity index (χ4v) is 2.63. The average molecular weight is 391 g/mol. The molecule has 2 rings (SSSR count). The number of benzene rings is 2. The molecule has 0 unspecified atom stereocenters. The third-order valence-corrected chi connectivity index (χ3v) is 4.34. The first-order chi connectivity index (χ1) is 13.3. The minimum Gasteiger partial charge on any atom is -0.494 e. The summed E-state index contributed by atoms with van der Waals surface area (Å²) < 4.78 is 31.7. The van der Waals surface area contributed by atoms with Crippen molar-refractivity contribution in [3.63, 3.8) is 0 Å². The van der Waals surface area contributed by atoms with Crippen LogP contribution in [0.4, 0.5) is 8.78 Å². The monoisotopic (exact) mass is 391 g/mol. The van der Waals surface area contributed by atoms with Crippen molar-refractivity contribution >= 4 is 11.8 Å². The van der Waals surface area contributed by atoms with Gasteiger partial charge in [0.2, 0.25) is 0 Å². The molecule has 0 heterocycles. The van der Waals surface area contributed by atoms with Crippen LogP contribution in [0, 0.1) is 11.6 Å². The van der Waals surface area contributed by atoms with Crippen LogP contribution in [0.25, 0.3) is 0 Å². The quantitative estimate of drug-likeness (QED) is 0.712. The van der Waals surface area contributed by atoms with Crippen molar-refractivity contribution in [3.8, 4) is 5.75 Å². The van der Waals surface area contributed by atoms with Gasteiger partial charge in [-0.3, -0.25) is 25.3 Å². The fourth-order valence-electron chi connectivity index (χ4n) is 2.63. The number of carbonyl (C=O) groups is 2. The van der Waals surface area contributed by atoms with Gasteiger partial charge in [-0.2, -0.15) is 0 Å². The number of carbonyl (C=O) groups excluding carboxylic acids is 2. The van der Waals surface area contributed by atoms with Crippen LogP contribution in [0.3, 0.4) is 0 Å². The first-order valence-corrected chi connectivity index (χ1v) is 8.78. The number of ether oxygens (including phenoxy) is 1. The van der Waals surface area contributed by atoms with Crippen molar-refractivity contribution in [3.05, 3.63) is 65.2 Å². The van der Waals surface area contributed by atoms with Gasteiger partial charge >= 0.3 is 0 Å². The van der Waals surface area contributed by atoms with Crippen LogP contribution in [0.1, 0.15) is 29.8 Å². The smallest absolute Gasteiger partial charge is 0.269 e. The normalized spacial score (nSPS) is 11.8. The molecule has 2 aromatic carbocycles. The molecule has 0 aliphatic heterocycles. The van der Waals surface area contributed by atoms with Crippen LogP contribution in [0.2, 0.25) is 0 Å². The number of hydrazine groups is 1. The molecule has 0 fully saturated rings. The van der Waals surface area contributed by atoms with E-state index in [1.807, 2.05) is 11.8 Å². The van der Waals surface area contributed by atoms with E-state index in [4.69, 9.17) is 4.74 Å². The summed E-state index contributed by atoms with van der Waals surface area (Å²) >= 11 is 0. The molecule has 1 atom stereocenters. The molecule has 2 amide bonds. The molecular formula is C20H23F2N3O3. The van der Waals surface area contributed by atoms with Crippen LogP contribution in [-0.2, 0) is 11.3 Å². The molecular weight excluding hydrogens is 368 g/mol. The van der Waals surface area contributed by atoms with E-state index in [1.165, 1.54) is 31.4 Å². The van der Waals surface area contributed by atoms with Gasteiger partial charge in [0.05, 0.1) is 13.2 Å². The Balaban J connectivity index is 1.94. The summed E-state index contributed by atoms with van der Waals surface area (Å²) in [7, 11) is 1.39. The lowest BCUT2D eigenvalue weighted by atomic mass is 10.1. The molecule has 2 N–H and O–H groups in total. The summed E-state index contributed by atoms with van der Waals surface area (Å²) in [5.74, 6) is -1.75.